The summed E-state index contributed by atoms with van der Waals surface area (Å²) in [6.07, 6.45) is 1.75. The molecule has 82 valence electrons. The Labute approximate surface area is 105 Å². The van der Waals surface area contributed by atoms with Gasteiger partial charge in [0.1, 0.15) is 0 Å². The van der Waals surface area contributed by atoms with Gasteiger partial charge in [-0.15, -0.1) is 0 Å². The third kappa shape index (κ3) is 3.54. The lowest BCUT2D eigenvalue weighted by atomic mass is 10.2. The highest BCUT2D eigenvalue weighted by Crippen LogP contribution is 2.18. The number of hydrogen-bond acceptors (Lipinski definition) is 2. The lowest BCUT2D eigenvalue weighted by Crippen LogP contribution is -1.86. The number of hydrogen-bond donors (Lipinski definition) is 0. The van der Waals surface area contributed by atoms with Crippen LogP contribution in [-0.2, 0) is 11.5 Å². The lowest BCUT2D eigenvalue weighted by Gasteiger charge is -2.01. The van der Waals surface area contributed by atoms with E-state index in [9.17, 15) is 0 Å². The van der Waals surface area contributed by atoms with Crippen molar-refractivity contribution < 1.29 is 0 Å². The molecule has 1 nitrogen and oxygen atoms in total. The quantitative estimate of drug-likeness (QED) is 0.807. The van der Waals surface area contributed by atoms with E-state index in [0.717, 1.165) is 22.2 Å². The van der Waals surface area contributed by atoms with E-state index in [1.54, 1.807) is 12.3 Å². The number of thioether (sulfide) groups is 1. The monoisotopic (exact) mass is 249 g/mol. The van der Waals surface area contributed by atoms with Gasteiger partial charge in [-0.3, -0.25) is 4.98 Å². The van der Waals surface area contributed by atoms with Crippen LogP contribution >= 0.6 is 23.4 Å². The topological polar surface area (TPSA) is 12.9 Å². The van der Waals surface area contributed by atoms with E-state index >= 15 is 0 Å². The Hall–Kier alpha value is -0.990. The molecule has 0 saturated carbocycles. The molecule has 0 aliphatic heterocycles. The molecule has 3 heteroatoms. The summed E-state index contributed by atoms with van der Waals surface area (Å²) in [6.45, 7) is 0. The van der Waals surface area contributed by atoms with Gasteiger partial charge in [0.15, 0.2) is 0 Å². The summed E-state index contributed by atoms with van der Waals surface area (Å²) >= 11 is 7.74. The van der Waals surface area contributed by atoms with Crippen LogP contribution in [0.4, 0.5) is 0 Å². The van der Waals surface area contributed by atoms with Gasteiger partial charge in [0.25, 0.3) is 0 Å². The van der Waals surface area contributed by atoms with Crippen molar-refractivity contribution in [3.8, 4) is 0 Å². The van der Waals surface area contributed by atoms with Crippen molar-refractivity contribution >= 4 is 23.4 Å². The minimum atomic E-state index is 0.755. The zero-order valence-electron chi connectivity index (χ0n) is 8.77. The molecule has 0 saturated heterocycles. The third-order valence-electron chi connectivity index (χ3n) is 2.14. The maximum atomic E-state index is 5.89. The van der Waals surface area contributed by atoms with Crippen molar-refractivity contribution in [1.29, 1.82) is 0 Å². The molecular formula is C13H12ClNS. The first-order valence-electron chi connectivity index (χ1n) is 5.07. The largest absolute Gasteiger partial charge is 0.260 e. The summed E-state index contributed by atoms with van der Waals surface area (Å²) in [7, 11) is 0. The first-order valence-corrected chi connectivity index (χ1v) is 6.60. The number of pyridine rings is 1. The second-order valence-corrected chi connectivity index (χ2v) is 4.87. The van der Waals surface area contributed by atoms with Crippen LogP contribution in [-0.4, -0.2) is 4.98 Å². The van der Waals surface area contributed by atoms with Gasteiger partial charge in [-0.1, -0.05) is 41.9 Å². The van der Waals surface area contributed by atoms with E-state index < -0.39 is 0 Å². The summed E-state index contributed by atoms with van der Waals surface area (Å²) < 4.78 is 0. The minimum Gasteiger partial charge on any atom is -0.260 e. The van der Waals surface area contributed by atoms with Gasteiger partial charge < -0.3 is 0 Å². The molecule has 0 radical (unpaired) electrons. The summed E-state index contributed by atoms with van der Waals surface area (Å²) in [5.41, 5.74) is 2.38. The molecule has 0 aliphatic carbocycles. The van der Waals surface area contributed by atoms with Crippen LogP contribution in [0.2, 0.25) is 5.02 Å². The Kier molecular flexibility index (Phi) is 4.25. The Morgan fingerprint density at radius 3 is 2.62 bits per heavy atom. The maximum Gasteiger partial charge on any atom is 0.0517 e. The van der Waals surface area contributed by atoms with Gasteiger partial charge in [-0.2, -0.15) is 11.8 Å². The van der Waals surface area contributed by atoms with Crippen molar-refractivity contribution in [2.24, 2.45) is 0 Å². The number of benzene rings is 1. The highest BCUT2D eigenvalue weighted by molar-refractivity contribution is 7.97. The number of nitrogens with zero attached hydrogens (tertiary/aromatic N) is 1. The molecule has 0 amide bonds. The minimum absolute atomic E-state index is 0.755. The van der Waals surface area contributed by atoms with E-state index in [4.69, 9.17) is 11.6 Å². The molecule has 0 aliphatic rings. The van der Waals surface area contributed by atoms with Gasteiger partial charge in [0.05, 0.1) is 5.69 Å². The molecule has 1 aromatic carbocycles. The summed E-state index contributed by atoms with van der Waals surface area (Å²) in [5, 5.41) is 0.755. The van der Waals surface area contributed by atoms with Crippen LogP contribution in [0, 0.1) is 0 Å². The normalized spacial score (nSPS) is 10.3. The maximum absolute atomic E-state index is 5.89. The van der Waals surface area contributed by atoms with Gasteiger partial charge in [-0.25, -0.2) is 0 Å². The molecule has 0 unspecified atom stereocenters. The molecule has 1 aromatic heterocycles. The van der Waals surface area contributed by atoms with Crippen molar-refractivity contribution in [3.63, 3.8) is 0 Å². The number of rotatable bonds is 4. The van der Waals surface area contributed by atoms with Crippen molar-refractivity contribution in [3.05, 3.63) is 64.9 Å². The van der Waals surface area contributed by atoms with Gasteiger partial charge in [0, 0.05) is 22.7 Å². The van der Waals surface area contributed by atoms with Crippen LogP contribution in [0.5, 0.6) is 0 Å². The predicted octanol–water partition coefficient (Wildman–Crippen LogP) is 4.17. The number of halogens is 1. The Balaban J connectivity index is 1.85. The van der Waals surface area contributed by atoms with E-state index in [1.165, 1.54) is 5.56 Å². The van der Waals surface area contributed by atoms with Crippen LogP contribution in [0.3, 0.4) is 0 Å². The molecule has 0 N–H and O–H groups in total. The molecular weight excluding hydrogens is 238 g/mol. The molecule has 0 spiro atoms. The summed E-state index contributed by atoms with van der Waals surface area (Å²) in [6, 6.07) is 14.1. The Bertz CT molecular complexity index is 445. The average molecular weight is 250 g/mol. The van der Waals surface area contributed by atoms with Crippen molar-refractivity contribution in [2.75, 3.05) is 0 Å². The fourth-order valence-electron chi connectivity index (χ4n) is 1.38. The SMILES string of the molecule is Clc1ccnc(CSCc2ccccc2)c1. The predicted molar refractivity (Wildman–Crippen MR) is 70.7 cm³/mol. The van der Waals surface area contributed by atoms with Crippen LogP contribution in [0.1, 0.15) is 11.3 Å². The molecule has 0 bridgehead atoms. The fraction of sp³-hybridized carbons (Fsp3) is 0.154. The second-order valence-electron chi connectivity index (χ2n) is 3.44. The third-order valence-corrected chi connectivity index (χ3v) is 3.41. The average Bonchev–Trinajstić information content (AvgIpc) is 2.30. The standard InChI is InChI=1S/C13H12ClNS/c14-12-6-7-15-13(8-12)10-16-9-11-4-2-1-3-5-11/h1-8H,9-10H2. The van der Waals surface area contributed by atoms with E-state index in [0.29, 0.717) is 0 Å². The zero-order chi connectivity index (χ0) is 11.2. The fourth-order valence-corrected chi connectivity index (χ4v) is 2.45. The van der Waals surface area contributed by atoms with E-state index in [-0.39, 0.29) is 0 Å². The summed E-state index contributed by atoms with van der Waals surface area (Å²) in [4.78, 5) is 4.27. The van der Waals surface area contributed by atoms with Gasteiger partial charge >= 0.3 is 0 Å². The second kappa shape index (κ2) is 5.92. The summed E-state index contributed by atoms with van der Waals surface area (Å²) in [5.74, 6) is 1.91. The smallest absolute Gasteiger partial charge is 0.0517 e. The molecule has 0 fully saturated rings. The van der Waals surface area contributed by atoms with Crippen LogP contribution in [0.15, 0.2) is 48.7 Å². The number of aromatic nitrogens is 1. The molecule has 2 rings (SSSR count). The van der Waals surface area contributed by atoms with Crippen molar-refractivity contribution in [2.45, 2.75) is 11.5 Å². The molecule has 16 heavy (non-hydrogen) atoms. The molecule has 0 atom stereocenters. The lowest BCUT2D eigenvalue weighted by molar-refractivity contribution is 1.17. The zero-order valence-corrected chi connectivity index (χ0v) is 10.3. The highest BCUT2D eigenvalue weighted by Gasteiger charge is 1.97. The van der Waals surface area contributed by atoms with Crippen LogP contribution < -0.4 is 0 Å². The Morgan fingerprint density at radius 1 is 1.06 bits per heavy atom. The van der Waals surface area contributed by atoms with Gasteiger partial charge in [0.2, 0.25) is 0 Å². The highest BCUT2D eigenvalue weighted by atomic mass is 35.5. The van der Waals surface area contributed by atoms with Gasteiger partial charge in [-0.05, 0) is 17.7 Å². The van der Waals surface area contributed by atoms with E-state index in [2.05, 4.69) is 29.2 Å². The molecule has 2 aromatic rings. The van der Waals surface area contributed by atoms with E-state index in [1.807, 2.05) is 23.9 Å². The van der Waals surface area contributed by atoms with Crippen molar-refractivity contribution in [1.82, 2.24) is 4.98 Å². The molecule has 1 heterocycles. The first kappa shape index (κ1) is 11.5. The first-order chi connectivity index (χ1) is 7.84. The van der Waals surface area contributed by atoms with Crippen LogP contribution in [0.25, 0.3) is 0 Å². The Morgan fingerprint density at radius 2 is 1.88 bits per heavy atom.